The summed E-state index contributed by atoms with van der Waals surface area (Å²) in [7, 11) is 1.67. The summed E-state index contributed by atoms with van der Waals surface area (Å²) in [5.74, 6) is 2.72. The summed E-state index contributed by atoms with van der Waals surface area (Å²) in [5.41, 5.74) is 0.892. The van der Waals surface area contributed by atoms with Crippen LogP contribution < -0.4 is 10.1 Å². The maximum absolute atomic E-state index is 11.7. The Bertz CT molecular complexity index is 709. The number of methoxy groups -OCH3 is 1. The first-order chi connectivity index (χ1) is 10.7. The van der Waals surface area contributed by atoms with Crippen LogP contribution in [-0.4, -0.2) is 37.6 Å². The highest BCUT2D eigenvalue weighted by Crippen LogP contribution is 2.30. The van der Waals surface area contributed by atoms with Crippen molar-refractivity contribution in [3.8, 4) is 5.75 Å². The van der Waals surface area contributed by atoms with Gasteiger partial charge in [0.1, 0.15) is 17.1 Å². The normalized spacial score (nSPS) is 25.2. The van der Waals surface area contributed by atoms with Crippen molar-refractivity contribution in [2.24, 2.45) is 11.8 Å². The fourth-order valence-electron chi connectivity index (χ4n) is 3.67. The molecule has 2 saturated heterocycles. The molecule has 1 N–H and O–H groups in total. The Balaban J connectivity index is 1.48. The van der Waals surface area contributed by atoms with E-state index in [0.29, 0.717) is 5.92 Å². The number of carbonyl (C=O) groups excluding carboxylic acids is 1. The number of furan rings is 1. The van der Waals surface area contributed by atoms with Gasteiger partial charge in [0.2, 0.25) is 5.91 Å². The smallest absolute Gasteiger partial charge is 0.223 e. The lowest BCUT2D eigenvalue weighted by Gasteiger charge is -2.32. The second-order valence-corrected chi connectivity index (χ2v) is 6.25. The molecule has 2 fully saturated rings. The predicted molar refractivity (Wildman–Crippen MR) is 82.6 cm³/mol. The number of amides is 1. The number of fused-ring (bicyclic) bond motifs is 2. The number of ether oxygens (including phenoxy) is 1. The van der Waals surface area contributed by atoms with E-state index in [4.69, 9.17) is 9.15 Å². The molecule has 2 aliphatic rings. The zero-order chi connectivity index (χ0) is 15.1. The molecule has 0 aliphatic carbocycles. The topological polar surface area (TPSA) is 54.7 Å². The van der Waals surface area contributed by atoms with Gasteiger partial charge in [-0.1, -0.05) is 0 Å². The number of hydrogen-bond acceptors (Lipinski definition) is 4. The summed E-state index contributed by atoms with van der Waals surface area (Å²) in [5, 5.41) is 4.05. The van der Waals surface area contributed by atoms with Gasteiger partial charge < -0.3 is 14.5 Å². The first kappa shape index (κ1) is 13.6. The Labute approximate surface area is 129 Å². The maximum Gasteiger partial charge on any atom is 0.223 e. The monoisotopic (exact) mass is 300 g/mol. The lowest BCUT2D eigenvalue weighted by molar-refractivity contribution is -0.124. The summed E-state index contributed by atoms with van der Waals surface area (Å²) in [6, 6.07) is 7.94. The van der Waals surface area contributed by atoms with Crippen LogP contribution in [0.25, 0.3) is 11.0 Å². The van der Waals surface area contributed by atoms with Crippen molar-refractivity contribution in [3.05, 3.63) is 30.0 Å². The van der Waals surface area contributed by atoms with Crippen molar-refractivity contribution in [3.63, 3.8) is 0 Å². The minimum Gasteiger partial charge on any atom is -0.497 e. The van der Waals surface area contributed by atoms with Gasteiger partial charge in [0.05, 0.1) is 13.7 Å². The van der Waals surface area contributed by atoms with E-state index in [1.54, 1.807) is 7.11 Å². The summed E-state index contributed by atoms with van der Waals surface area (Å²) < 4.78 is 11.2. The minimum absolute atomic E-state index is 0.219. The number of likely N-dealkylation sites (tertiary alicyclic amines) is 1. The first-order valence-electron chi connectivity index (χ1n) is 7.79. The molecule has 0 unspecified atom stereocenters. The fourth-order valence-corrected chi connectivity index (χ4v) is 3.67. The highest BCUT2D eigenvalue weighted by atomic mass is 16.5. The van der Waals surface area contributed by atoms with Gasteiger partial charge in [-0.2, -0.15) is 0 Å². The SMILES string of the molecule is COc1ccc2oc(CN3CC[C@H]4C(=O)NC[C@H]4C3)cc2c1. The lowest BCUT2D eigenvalue weighted by atomic mass is 9.88. The van der Waals surface area contributed by atoms with Crippen LogP contribution in [0.15, 0.2) is 28.7 Å². The third-order valence-corrected chi connectivity index (χ3v) is 4.85. The molecule has 1 amide bonds. The molecule has 116 valence electrons. The number of rotatable bonds is 3. The number of nitrogens with one attached hydrogen (secondary N) is 1. The summed E-state index contributed by atoms with van der Waals surface area (Å²) in [4.78, 5) is 14.1. The van der Waals surface area contributed by atoms with Gasteiger partial charge in [-0.15, -0.1) is 0 Å². The van der Waals surface area contributed by atoms with Gasteiger partial charge in [0.25, 0.3) is 0 Å². The molecular formula is C17H20N2O3. The van der Waals surface area contributed by atoms with Crippen molar-refractivity contribution < 1.29 is 13.9 Å². The van der Waals surface area contributed by atoms with E-state index in [-0.39, 0.29) is 11.8 Å². The highest BCUT2D eigenvalue weighted by Gasteiger charge is 2.38. The highest BCUT2D eigenvalue weighted by molar-refractivity contribution is 5.81. The molecule has 0 spiro atoms. The van der Waals surface area contributed by atoms with Gasteiger partial charge >= 0.3 is 0 Å². The van der Waals surface area contributed by atoms with Gasteiger partial charge in [-0.05, 0) is 37.2 Å². The van der Waals surface area contributed by atoms with E-state index >= 15 is 0 Å². The minimum atomic E-state index is 0.219. The maximum atomic E-state index is 11.7. The van der Waals surface area contributed by atoms with E-state index in [1.807, 2.05) is 18.2 Å². The van der Waals surface area contributed by atoms with E-state index in [1.165, 1.54) is 0 Å². The molecule has 0 radical (unpaired) electrons. The van der Waals surface area contributed by atoms with Crippen LogP contribution in [0.2, 0.25) is 0 Å². The Morgan fingerprint density at radius 1 is 1.41 bits per heavy atom. The van der Waals surface area contributed by atoms with Crippen LogP contribution in [0.5, 0.6) is 5.75 Å². The molecule has 22 heavy (non-hydrogen) atoms. The molecule has 3 heterocycles. The molecule has 5 nitrogen and oxygen atoms in total. The zero-order valence-electron chi connectivity index (χ0n) is 12.7. The molecule has 5 heteroatoms. The average molecular weight is 300 g/mol. The van der Waals surface area contributed by atoms with Crippen LogP contribution in [0, 0.1) is 11.8 Å². The van der Waals surface area contributed by atoms with Crippen molar-refractivity contribution in [1.82, 2.24) is 10.2 Å². The fraction of sp³-hybridized carbons (Fsp3) is 0.471. The molecule has 0 bridgehead atoms. The van der Waals surface area contributed by atoms with Gasteiger partial charge in [0, 0.05) is 30.3 Å². The van der Waals surface area contributed by atoms with Gasteiger partial charge in [-0.25, -0.2) is 0 Å². The third kappa shape index (κ3) is 2.35. The predicted octanol–water partition coefficient (Wildman–Crippen LogP) is 2.01. The van der Waals surface area contributed by atoms with Gasteiger partial charge in [-0.3, -0.25) is 9.69 Å². The van der Waals surface area contributed by atoms with E-state index in [2.05, 4.69) is 16.3 Å². The van der Waals surface area contributed by atoms with Crippen molar-refractivity contribution in [2.45, 2.75) is 13.0 Å². The van der Waals surface area contributed by atoms with Crippen LogP contribution in [0.1, 0.15) is 12.2 Å². The second kappa shape index (κ2) is 5.32. The molecule has 0 saturated carbocycles. The Hall–Kier alpha value is -2.01. The van der Waals surface area contributed by atoms with Crippen LogP contribution >= 0.6 is 0 Å². The van der Waals surface area contributed by atoms with Crippen LogP contribution in [0.3, 0.4) is 0 Å². The first-order valence-corrected chi connectivity index (χ1v) is 7.79. The summed E-state index contributed by atoms with van der Waals surface area (Å²) >= 11 is 0. The number of piperidine rings is 1. The van der Waals surface area contributed by atoms with Crippen molar-refractivity contribution in [1.29, 1.82) is 0 Å². The quantitative estimate of drug-likeness (QED) is 0.942. The zero-order valence-corrected chi connectivity index (χ0v) is 12.7. The largest absolute Gasteiger partial charge is 0.497 e. The average Bonchev–Trinajstić information content (AvgIpc) is 3.09. The Morgan fingerprint density at radius 3 is 3.18 bits per heavy atom. The standard InChI is InChI=1S/C17H20N2O3/c1-21-13-2-3-16-11(6-13)7-14(22-16)10-19-5-4-15-12(9-19)8-18-17(15)20/h2-3,6-7,12,15H,4-5,8-10H2,1H3,(H,18,20)/t12-,15+/m0/s1. The summed E-state index contributed by atoms with van der Waals surface area (Å²) in [6.07, 6.45) is 0.949. The van der Waals surface area contributed by atoms with Crippen LogP contribution in [0.4, 0.5) is 0 Å². The Morgan fingerprint density at radius 2 is 2.32 bits per heavy atom. The number of carbonyl (C=O) groups is 1. The molecule has 2 aliphatic heterocycles. The Kier molecular flexibility index (Phi) is 3.30. The third-order valence-electron chi connectivity index (χ3n) is 4.85. The molecule has 1 aromatic heterocycles. The molecule has 1 aromatic carbocycles. The number of nitrogens with zero attached hydrogens (tertiary/aromatic N) is 1. The molecule has 4 rings (SSSR count). The number of hydrogen-bond donors (Lipinski definition) is 1. The molecular weight excluding hydrogens is 280 g/mol. The number of benzene rings is 1. The van der Waals surface area contributed by atoms with Crippen molar-refractivity contribution in [2.75, 3.05) is 26.7 Å². The van der Waals surface area contributed by atoms with E-state index < -0.39 is 0 Å². The second-order valence-electron chi connectivity index (χ2n) is 6.25. The molecule has 2 atom stereocenters. The van der Waals surface area contributed by atoms with E-state index in [9.17, 15) is 4.79 Å². The van der Waals surface area contributed by atoms with Crippen molar-refractivity contribution >= 4 is 16.9 Å². The van der Waals surface area contributed by atoms with Gasteiger partial charge in [0.15, 0.2) is 0 Å². The van der Waals surface area contributed by atoms with E-state index in [0.717, 1.165) is 55.1 Å². The summed E-state index contributed by atoms with van der Waals surface area (Å²) in [6.45, 7) is 3.53. The lowest BCUT2D eigenvalue weighted by Crippen LogP contribution is -2.40. The molecule has 2 aromatic rings. The van der Waals surface area contributed by atoms with Crippen LogP contribution in [-0.2, 0) is 11.3 Å².